The number of piperazine rings is 1. The van der Waals surface area contributed by atoms with Gasteiger partial charge in [-0.1, -0.05) is 0 Å². The molecule has 1 atom stereocenters. The number of aliphatic hydroxyl groups is 1. The molecule has 0 aromatic rings. The largest absolute Gasteiger partial charge is 0.396 e. The van der Waals surface area contributed by atoms with E-state index in [1.165, 1.54) is 4.90 Å². The highest BCUT2D eigenvalue weighted by molar-refractivity contribution is 6.04. The molecule has 15 heavy (non-hydrogen) atoms. The Balaban J connectivity index is 2.62. The SMILES string of the molecule is CC1C(=O)NC(=O)CN1C(=O)CCCO. The van der Waals surface area contributed by atoms with Gasteiger partial charge < -0.3 is 10.0 Å². The van der Waals surface area contributed by atoms with Crippen molar-refractivity contribution >= 4 is 17.7 Å². The molecule has 3 amide bonds. The van der Waals surface area contributed by atoms with Crippen molar-refractivity contribution in [3.63, 3.8) is 0 Å². The Morgan fingerprint density at radius 3 is 2.87 bits per heavy atom. The summed E-state index contributed by atoms with van der Waals surface area (Å²) in [4.78, 5) is 35.0. The van der Waals surface area contributed by atoms with Gasteiger partial charge in [0.15, 0.2) is 0 Å². The number of aliphatic hydroxyl groups excluding tert-OH is 1. The summed E-state index contributed by atoms with van der Waals surface area (Å²) in [7, 11) is 0. The first-order valence-electron chi connectivity index (χ1n) is 4.80. The molecule has 1 aliphatic rings. The van der Waals surface area contributed by atoms with Crippen molar-refractivity contribution in [3.8, 4) is 0 Å². The molecule has 0 aromatic heterocycles. The van der Waals surface area contributed by atoms with Gasteiger partial charge in [0.25, 0.3) is 0 Å². The van der Waals surface area contributed by atoms with Crippen LogP contribution in [0.1, 0.15) is 19.8 Å². The van der Waals surface area contributed by atoms with Crippen LogP contribution in [0.5, 0.6) is 0 Å². The number of hydrogen-bond donors (Lipinski definition) is 2. The van der Waals surface area contributed by atoms with Crippen molar-refractivity contribution in [3.05, 3.63) is 0 Å². The highest BCUT2D eigenvalue weighted by Crippen LogP contribution is 2.07. The molecule has 6 nitrogen and oxygen atoms in total. The monoisotopic (exact) mass is 214 g/mol. The van der Waals surface area contributed by atoms with Gasteiger partial charge in [-0.3, -0.25) is 19.7 Å². The van der Waals surface area contributed by atoms with Gasteiger partial charge >= 0.3 is 0 Å². The topological polar surface area (TPSA) is 86.7 Å². The standard InChI is InChI=1S/C9H14N2O4/c1-6-9(15)10-7(13)5-11(6)8(14)3-2-4-12/h6,12H,2-5H2,1H3,(H,10,13,15). The third-order valence-electron chi connectivity index (χ3n) is 2.29. The number of hydrogen-bond acceptors (Lipinski definition) is 4. The molecule has 6 heteroatoms. The van der Waals surface area contributed by atoms with Crippen LogP contribution in [0, 0.1) is 0 Å². The molecular weight excluding hydrogens is 200 g/mol. The quantitative estimate of drug-likeness (QED) is 0.568. The number of carbonyl (C=O) groups is 3. The van der Waals surface area contributed by atoms with Gasteiger partial charge in [-0.25, -0.2) is 0 Å². The van der Waals surface area contributed by atoms with E-state index in [-0.39, 0.29) is 25.5 Å². The average Bonchev–Trinajstić information content (AvgIpc) is 2.19. The predicted molar refractivity (Wildman–Crippen MR) is 50.6 cm³/mol. The Hall–Kier alpha value is -1.43. The van der Waals surface area contributed by atoms with E-state index in [9.17, 15) is 14.4 Å². The summed E-state index contributed by atoms with van der Waals surface area (Å²) in [5, 5.41) is 10.7. The van der Waals surface area contributed by atoms with Gasteiger partial charge in [-0.05, 0) is 13.3 Å². The molecule has 0 spiro atoms. The molecule has 1 rings (SSSR count). The van der Waals surface area contributed by atoms with Gasteiger partial charge in [0.1, 0.15) is 12.6 Å². The molecule has 0 saturated carbocycles. The van der Waals surface area contributed by atoms with E-state index in [2.05, 4.69) is 5.32 Å². The number of carbonyl (C=O) groups excluding carboxylic acids is 3. The smallest absolute Gasteiger partial charge is 0.249 e. The fourth-order valence-electron chi connectivity index (χ4n) is 1.39. The molecule has 84 valence electrons. The molecule has 2 N–H and O–H groups in total. The van der Waals surface area contributed by atoms with E-state index in [1.54, 1.807) is 6.92 Å². The lowest BCUT2D eigenvalue weighted by Crippen LogP contribution is -2.58. The third-order valence-corrected chi connectivity index (χ3v) is 2.29. The Morgan fingerprint density at radius 1 is 1.60 bits per heavy atom. The Morgan fingerprint density at radius 2 is 2.27 bits per heavy atom. The summed E-state index contributed by atoms with van der Waals surface area (Å²) in [6, 6.07) is -0.617. The Bertz CT molecular complexity index is 290. The molecule has 0 bridgehead atoms. The molecule has 0 aromatic carbocycles. The molecular formula is C9H14N2O4. The first kappa shape index (κ1) is 11.6. The zero-order chi connectivity index (χ0) is 11.4. The molecule has 1 heterocycles. The van der Waals surface area contributed by atoms with Gasteiger partial charge in [-0.2, -0.15) is 0 Å². The minimum absolute atomic E-state index is 0.0753. The molecule has 1 saturated heterocycles. The van der Waals surface area contributed by atoms with Crippen LogP contribution in [0.2, 0.25) is 0 Å². The van der Waals surface area contributed by atoms with Crippen molar-refractivity contribution in [1.29, 1.82) is 0 Å². The summed E-state index contributed by atoms with van der Waals surface area (Å²) < 4.78 is 0. The minimum atomic E-state index is -0.617. The van der Waals surface area contributed by atoms with Crippen LogP contribution in [-0.4, -0.2) is 46.9 Å². The minimum Gasteiger partial charge on any atom is -0.396 e. The zero-order valence-corrected chi connectivity index (χ0v) is 8.52. The number of nitrogens with zero attached hydrogens (tertiary/aromatic N) is 1. The molecule has 1 fully saturated rings. The maximum Gasteiger partial charge on any atom is 0.249 e. The molecule has 1 aliphatic heterocycles. The van der Waals surface area contributed by atoms with E-state index in [4.69, 9.17) is 5.11 Å². The normalized spacial score (nSPS) is 21.5. The fourth-order valence-corrected chi connectivity index (χ4v) is 1.39. The zero-order valence-electron chi connectivity index (χ0n) is 8.52. The van der Waals surface area contributed by atoms with Crippen LogP contribution in [-0.2, 0) is 14.4 Å². The highest BCUT2D eigenvalue weighted by Gasteiger charge is 2.32. The lowest BCUT2D eigenvalue weighted by molar-refractivity contribution is -0.149. The van der Waals surface area contributed by atoms with E-state index in [0.29, 0.717) is 6.42 Å². The van der Waals surface area contributed by atoms with Crippen LogP contribution in [0.15, 0.2) is 0 Å². The summed E-state index contributed by atoms with van der Waals surface area (Å²) in [6.07, 6.45) is 0.499. The van der Waals surface area contributed by atoms with Gasteiger partial charge in [0, 0.05) is 13.0 Å². The van der Waals surface area contributed by atoms with Gasteiger partial charge in [-0.15, -0.1) is 0 Å². The van der Waals surface area contributed by atoms with Crippen molar-refractivity contribution in [1.82, 2.24) is 10.2 Å². The second-order valence-corrected chi connectivity index (χ2v) is 3.44. The van der Waals surface area contributed by atoms with Crippen molar-refractivity contribution < 1.29 is 19.5 Å². The predicted octanol–water partition coefficient (Wildman–Crippen LogP) is -1.37. The lowest BCUT2D eigenvalue weighted by atomic mass is 10.1. The van der Waals surface area contributed by atoms with Crippen LogP contribution >= 0.6 is 0 Å². The number of rotatable bonds is 3. The van der Waals surface area contributed by atoms with E-state index >= 15 is 0 Å². The Kier molecular flexibility index (Phi) is 3.79. The maximum absolute atomic E-state index is 11.5. The van der Waals surface area contributed by atoms with E-state index in [1.807, 2.05) is 0 Å². The first-order valence-corrected chi connectivity index (χ1v) is 4.80. The summed E-state index contributed by atoms with van der Waals surface area (Å²) in [6.45, 7) is 1.41. The van der Waals surface area contributed by atoms with E-state index < -0.39 is 17.9 Å². The van der Waals surface area contributed by atoms with Crippen LogP contribution in [0.3, 0.4) is 0 Å². The summed E-state index contributed by atoms with van der Waals surface area (Å²) >= 11 is 0. The lowest BCUT2D eigenvalue weighted by Gasteiger charge is -2.31. The van der Waals surface area contributed by atoms with Crippen LogP contribution < -0.4 is 5.32 Å². The summed E-state index contributed by atoms with van der Waals surface area (Å²) in [5.41, 5.74) is 0. The van der Waals surface area contributed by atoms with Gasteiger partial charge in [0.2, 0.25) is 17.7 Å². The van der Waals surface area contributed by atoms with Crippen molar-refractivity contribution in [2.45, 2.75) is 25.8 Å². The second-order valence-electron chi connectivity index (χ2n) is 3.44. The highest BCUT2D eigenvalue weighted by atomic mass is 16.3. The molecule has 0 radical (unpaired) electrons. The Labute approximate surface area is 87.2 Å². The van der Waals surface area contributed by atoms with Crippen LogP contribution in [0.25, 0.3) is 0 Å². The van der Waals surface area contributed by atoms with Crippen LogP contribution in [0.4, 0.5) is 0 Å². The third kappa shape index (κ3) is 2.76. The molecule has 1 unspecified atom stereocenters. The molecule has 0 aliphatic carbocycles. The fraction of sp³-hybridized carbons (Fsp3) is 0.667. The van der Waals surface area contributed by atoms with E-state index in [0.717, 1.165) is 0 Å². The summed E-state index contributed by atoms with van der Waals surface area (Å²) in [5.74, 6) is -1.20. The van der Waals surface area contributed by atoms with Crippen molar-refractivity contribution in [2.24, 2.45) is 0 Å². The van der Waals surface area contributed by atoms with Gasteiger partial charge in [0.05, 0.1) is 0 Å². The first-order chi connectivity index (χ1) is 7.06. The number of nitrogens with one attached hydrogen (secondary N) is 1. The maximum atomic E-state index is 11.5. The number of imide groups is 1. The second kappa shape index (κ2) is 4.88. The van der Waals surface area contributed by atoms with Crippen molar-refractivity contribution in [2.75, 3.05) is 13.2 Å². The number of amides is 3. The average molecular weight is 214 g/mol.